The molecule has 1 unspecified atom stereocenters. The Balaban J connectivity index is 1.99. The second-order valence-corrected chi connectivity index (χ2v) is 4.37. The van der Waals surface area contributed by atoms with Gasteiger partial charge in [-0.2, -0.15) is 0 Å². The number of carbonyl (C=O) groups is 1. The summed E-state index contributed by atoms with van der Waals surface area (Å²) in [6.45, 7) is 5.63. The summed E-state index contributed by atoms with van der Waals surface area (Å²) in [5, 5.41) is 9.93. The van der Waals surface area contributed by atoms with Gasteiger partial charge >= 0.3 is 0 Å². The van der Waals surface area contributed by atoms with Crippen LogP contribution in [0.1, 0.15) is 6.42 Å². The molecule has 1 N–H and O–H groups in total. The zero-order chi connectivity index (χ0) is 12.0. The van der Waals surface area contributed by atoms with E-state index in [4.69, 9.17) is 4.74 Å². The molecule has 3 rings (SSSR count). The first-order valence-electron chi connectivity index (χ1n) is 5.68. The largest absolute Gasteiger partial charge is 0.505 e. The predicted octanol–water partition coefficient (Wildman–Crippen LogP) is 0.730. The van der Waals surface area contributed by atoms with Gasteiger partial charge in [-0.05, 0) is 12.5 Å². The van der Waals surface area contributed by atoms with E-state index in [0.717, 1.165) is 6.42 Å². The Morgan fingerprint density at radius 1 is 1.53 bits per heavy atom. The number of aliphatic hydroxyl groups is 1. The van der Waals surface area contributed by atoms with Crippen molar-refractivity contribution >= 4 is 5.91 Å². The van der Waals surface area contributed by atoms with Crippen LogP contribution in [0.4, 0.5) is 0 Å². The molecule has 2 saturated heterocycles. The lowest BCUT2D eigenvalue weighted by atomic mass is 10.1. The topological polar surface area (TPSA) is 53.0 Å². The monoisotopic (exact) mass is 234 g/mol. The molecule has 5 heteroatoms. The molecule has 3 aliphatic heterocycles. The van der Waals surface area contributed by atoms with Gasteiger partial charge in [-0.1, -0.05) is 6.58 Å². The molecule has 2 fully saturated rings. The minimum Gasteiger partial charge on any atom is -0.505 e. The van der Waals surface area contributed by atoms with E-state index in [1.165, 1.54) is 0 Å². The van der Waals surface area contributed by atoms with Crippen molar-refractivity contribution in [3.63, 3.8) is 0 Å². The average Bonchev–Trinajstić information content (AvgIpc) is 2.34. The van der Waals surface area contributed by atoms with E-state index < -0.39 is 0 Å². The van der Waals surface area contributed by atoms with Crippen molar-refractivity contribution in [2.45, 2.75) is 12.6 Å². The van der Waals surface area contributed by atoms with Crippen molar-refractivity contribution in [1.82, 2.24) is 9.80 Å². The maximum atomic E-state index is 12.3. The molecular formula is C12H14N2O3. The molecule has 0 aromatic heterocycles. The molecule has 0 aromatic carbocycles. The summed E-state index contributed by atoms with van der Waals surface area (Å²) in [4.78, 5) is 15.7. The Morgan fingerprint density at radius 2 is 2.35 bits per heavy atom. The Hall–Kier alpha value is -1.75. The van der Waals surface area contributed by atoms with Gasteiger partial charge in [0.05, 0.1) is 13.2 Å². The van der Waals surface area contributed by atoms with Crippen LogP contribution < -0.4 is 0 Å². The number of ether oxygens (including phenoxy) is 1. The molecule has 0 radical (unpaired) electrons. The van der Waals surface area contributed by atoms with Gasteiger partial charge in [0.1, 0.15) is 5.70 Å². The van der Waals surface area contributed by atoms with Gasteiger partial charge in [-0.15, -0.1) is 0 Å². The Morgan fingerprint density at radius 3 is 3.18 bits per heavy atom. The zero-order valence-corrected chi connectivity index (χ0v) is 9.43. The SMILES string of the molecule is C=C1C=CN2CC3OCCCN3C(=O)C2=C1O. The summed E-state index contributed by atoms with van der Waals surface area (Å²) in [5.74, 6) is -0.203. The lowest BCUT2D eigenvalue weighted by Crippen LogP contribution is -2.57. The molecule has 0 spiro atoms. The number of nitrogens with zero attached hydrogens (tertiary/aromatic N) is 2. The van der Waals surface area contributed by atoms with Crippen molar-refractivity contribution in [2.75, 3.05) is 19.7 Å². The Bertz CT molecular complexity index is 453. The van der Waals surface area contributed by atoms with Crippen LogP contribution in [-0.2, 0) is 9.53 Å². The standard InChI is InChI=1S/C12H14N2O3/c1-8-3-5-13-7-9-14(4-2-6-17-9)12(16)10(13)11(8)15/h3,5,9,15H,1-2,4,6-7H2. The quantitative estimate of drug-likeness (QED) is 0.671. The number of aliphatic hydroxyl groups excluding tert-OH is 1. The molecule has 3 aliphatic rings. The fourth-order valence-electron chi connectivity index (χ4n) is 2.37. The third-order valence-corrected chi connectivity index (χ3v) is 3.29. The van der Waals surface area contributed by atoms with Crippen molar-refractivity contribution in [2.24, 2.45) is 0 Å². The van der Waals surface area contributed by atoms with Crippen LogP contribution >= 0.6 is 0 Å². The first-order valence-corrected chi connectivity index (χ1v) is 5.68. The van der Waals surface area contributed by atoms with E-state index in [1.807, 2.05) is 0 Å². The maximum absolute atomic E-state index is 12.3. The van der Waals surface area contributed by atoms with Crippen LogP contribution in [0.3, 0.4) is 0 Å². The molecule has 17 heavy (non-hydrogen) atoms. The van der Waals surface area contributed by atoms with Gasteiger partial charge in [-0.25, -0.2) is 0 Å². The van der Waals surface area contributed by atoms with Gasteiger partial charge in [0, 0.05) is 18.3 Å². The van der Waals surface area contributed by atoms with Crippen molar-refractivity contribution in [3.05, 3.63) is 35.9 Å². The minimum absolute atomic E-state index is 0.0264. The van der Waals surface area contributed by atoms with Crippen molar-refractivity contribution < 1.29 is 14.6 Å². The average molecular weight is 234 g/mol. The first kappa shape index (κ1) is 10.4. The predicted molar refractivity (Wildman–Crippen MR) is 60.7 cm³/mol. The van der Waals surface area contributed by atoms with Crippen molar-refractivity contribution in [1.29, 1.82) is 0 Å². The van der Waals surface area contributed by atoms with E-state index in [2.05, 4.69) is 6.58 Å². The van der Waals surface area contributed by atoms with Gasteiger partial charge in [0.15, 0.2) is 12.0 Å². The minimum atomic E-state index is -0.205. The highest BCUT2D eigenvalue weighted by Crippen LogP contribution is 2.30. The van der Waals surface area contributed by atoms with E-state index in [-0.39, 0.29) is 17.9 Å². The number of amides is 1. The summed E-state index contributed by atoms with van der Waals surface area (Å²) >= 11 is 0. The number of rotatable bonds is 0. The van der Waals surface area contributed by atoms with E-state index in [0.29, 0.717) is 31.0 Å². The number of hydrogen-bond donors (Lipinski definition) is 1. The van der Waals surface area contributed by atoms with E-state index in [9.17, 15) is 9.90 Å². The molecule has 5 nitrogen and oxygen atoms in total. The van der Waals surface area contributed by atoms with Crippen LogP contribution in [0.25, 0.3) is 0 Å². The van der Waals surface area contributed by atoms with Gasteiger partial charge in [0.25, 0.3) is 5.91 Å². The highest BCUT2D eigenvalue weighted by molar-refractivity contribution is 5.95. The molecule has 90 valence electrons. The number of piperazine rings is 1. The molecule has 0 aromatic rings. The van der Waals surface area contributed by atoms with Gasteiger partial charge < -0.3 is 19.6 Å². The highest BCUT2D eigenvalue weighted by Gasteiger charge is 2.40. The molecule has 0 bridgehead atoms. The maximum Gasteiger partial charge on any atom is 0.276 e. The molecule has 3 heterocycles. The van der Waals surface area contributed by atoms with Crippen molar-refractivity contribution in [3.8, 4) is 0 Å². The number of allylic oxidation sites excluding steroid dienone is 1. The third-order valence-electron chi connectivity index (χ3n) is 3.29. The lowest BCUT2D eigenvalue weighted by molar-refractivity contribution is -0.161. The van der Waals surface area contributed by atoms with Crippen LogP contribution in [-0.4, -0.2) is 46.7 Å². The summed E-state index contributed by atoms with van der Waals surface area (Å²) in [6.07, 6.45) is 4.10. The first-order chi connectivity index (χ1) is 8.18. The lowest BCUT2D eigenvalue weighted by Gasteiger charge is -2.44. The Kier molecular flexibility index (Phi) is 2.22. The van der Waals surface area contributed by atoms with Crippen LogP contribution in [0.15, 0.2) is 35.9 Å². The van der Waals surface area contributed by atoms with E-state index >= 15 is 0 Å². The molecule has 0 aliphatic carbocycles. The molecule has 1 amide bonds. The zero-order valence-electron chi connectivity index (χ0n) is 9.43. The summed E-state index contributed by atoms with van der Waals surface area (Å²) in [7, 11) is 0. The number of carbonyl (C=O) groups excluding carboxylic acids is 1. The normalized spacial score (nSPS) is 28.4. The summed E-state index contributed by atoms with van der Waals surface area (Å²) in [6, 6.07) is 0. The highest BCUT2D eigenvalue weighted by atomic mass is 16.5. The molecular weight excluding hydrogens is 220 g/mol. The smallest absolute Gasteiger partial charge is 0.276 e. The van der Waals surface area contributed by atoms with Crippen LogP contribution in [0.5, 0.6) is 0 Å². The third kappa shape index (κ3) is 1.46. The molecule has 0 saturated carbocycles. The van der Waals surface area contributed by atoms with E-state index in [1.54, 1.807) is 22.1 Å². The summed E-state index contributed by atoms with van der Waals surface area (Å²) in [5.41, 5.74) is 0.792. The fraction of sp³-hybridized carbons (Fsp3) is 0.417. The molecule has 1 atom stereocenters. The Labute approximate surface area is 99.3 Å². The number of hydrogen-bond acceptors (Lipinski definition) is 4. The number of fused-ring (bicyclic) bond motifs is 2. The van der Waals surface area contributed by atoms with Gasteiger partial charge in [0.2, 0.25) is 0 Å². The van der Waals surface area contributed by atoms with Gasteiger partial charge in [-0.3, -0.25) is 4.79 Å². The van der Waals surface area contributed by atoms with Crippen LogP contribution in [0, 0.1) is 0 Å². The second-order valence-electron chi connectivity index (χ2n) is 4.37. The van der Waals surface area contributed by atoms with Crippen LogP contribution in [0.2, 0.25) is 0 Å². The fourth-order valence-corrected chi connectivity index (χ4v) is 2.37. The summed E-state index contributed by atoms with van der Waals surface area (Å²) < 4.78 is 5.57. The second kappa shape index (κ2) is 3.63.